The van der Waals surface area contributed by atoms with E-state index in [2.05, 4.69) is 15.5 Å². The Morgan fingerprint density at radius 1 is 1.50 bits per heavy atom. The fourth-order valence-corrected chi connectivity index (χ4v) is 0.729. The lowest BCUT2D eigenvalue weighted by Crippen LogP contribution is -2.34. The molecule has 0 aliphatic heterocycles. The Balaban J connectivity index is 2.65. The summed E-state index contributed by atoms with van der Waals surface area (Å²) in [5.74, 6) is -1.22. The first-order chi connectivity index (χ1) is 6.59. The van der Waals surface area contributed by atoms with Crippen molar-refractivity contribution in [1.82, 2.24) is 15.5 Å². The molecule has 0 aliphatic rings. The minimum atomic E-state index is -0.650. The van der Waals surface area contributed by atoms with Gasteiger partial charge in [0.2, 0.25) is 5.91 Å². The Kier molecular flexibility index (Phi) is 2.95. The molecule has 0 radical (unpaired) electrons. The SMILES string of the molecule is NC(=O)CNC(=O)c1ccc(=O)[nH]n1. The molecule has 0 saturated heterocycles. The maximum Gasteiger partial charge on any atom is 0.272 e. The molecule has 2 amide bonds. The predicted octanol–water partition coefficient (Wildman–Crippen LogP) is -2.01. The highest BCUT2D eigenvalue weighted by Gasteiger charge is 2.07. The van der Waals surface area contributed by atoms with Crippen molar-refractivity contribution in [3.8, 4) is 0 Å². The van der Waals surface area contributed by atoms with Gasteiger partial charge in [-0.05, 0) is 6.07 Å². The van der Waals surface area contributed by atoms with Crippen molar-refractivity contribution in [2.24, 2.45) is 5.73 Å². The highest BCUT2D eigenvalue weighted by atomic mass is 16.2. The van der Waals surface area contributed by atoms with Crippen LogP contribution < -0.4 is 16.6 Å². The number of nitrogens with one attached hydrogen (secondary N) is 2. The summed E-state index contributed by atoms with van der Waals surface area (Å²) in [6, 6.07) is 2.40. The molecule has 1 heterocycles. The van der Waals surface area contributed by atoms with Crippen LogP contribution in [0.15, 0.2) is 16.9 Å². The predicted molar refractivity (Wildman–Crippen MR) is 46.4 cm³/mol. The van der Waals surface area contributed by atoms with Crippen molar-refractivity contribution in [3.63, 3.8) is 0 Å². The molecule has 7 nitrogen and oxygen atoms in total. The maximum atomic E-state index is 11.2. The van der Waals surface area contributed by atoms with Gasteiger partial charge >= 0.3 is 0 Å². The number of nitrogens with zero attached hydrogens (tertiary/aromatic N) is 1. The van der Waals surface area contributed by atoms with E-state index in [4.69, 9.17) is 5.73 Å². The number of H-pyrrole nitrogens is 1. The molecule has 0 saturated carbocycles. The number of rotatable bonds is 3. The van der Waals surface area contributed by atoms with Crippen LogP contribution in [0.25, 0.3) is 0 Å². The Labute approximate surface area is 78.3 Å². The van der Waals surface area contributed by atoms with E-state index < -0.39 is 17.4 Å². The second kappa shape index (κ2) is 4.17. The van der Waals surface area contributed by atoms with Crippen LogP contribution in [-0.2, 0) is 4.79 Å². The summed E-state index contributed by atoms with van der Waals surface area (Å²) in [6.45, 7) is -0.264. The molecule has 0 spiro atoms. The van der Waals surface area contributed by atoms with Crippen molar-refractivity contribution in [3.05, 3.63) is 28.2 Å². The summed E-state index contributed by atoms with van der Waals surface area (Å²) >= 11 is 0. The molecule has 1 rings (SSSR count). The van der Waals surface area contributed by atoms with E-state index in [1.807, 2.05) is 0 Å². The lowest BCUT2D eigenvalue weighted by Gasteiger charge is -1.99. The standard InChI is InChI=1S/C7H8N4O3/c8-5(12)3-9-7(14)4-1-2-6(13)11-10-4/h1-2H,3H2,(H2,8,12)(H,9,14)(H,11,13). The van der Waals surface area contributed by atoms with Crippen LogP contribution in [0.1, 0.15) is 10.5 Å². The van der Waals surface area contributed by atoms with Gasteiger partial charge in [0, 0.05) is 6.07 Å². The topological polar surface area (TPSA) is 118 Å². The van der Waals surface area contributed by atoms with Gasteiger partial charge in [-0.2, -0.15) is 5.10 Å². The van der Waals surface area contributed by atoms with E-state index in [0.717, 1.165) is 6.07 Å². The van der Waals surface area contributed by atoms with Crippen LogP contribution in [0.4, 0.5) is 0 Å². The molecule has 74 valence electrons. The number of hydrogen-bond acceptors (Lipinski definition) is 4. The lowest BCUT2D eigenvalue weighted by atomic mass is 10.3. The number of primary amides is 1. The fourth-order valence-electron chi connectivity index (χ4n) is 0.729. The largest absolute Gasteiger partial charge is 0.368 e. The third-order valence-electron chi connectivity index (χ3n) is 1.33. The average Bonchev–Trinajstić information content (AvgIpc) is 2.15. The zero-order valence-electron chi connectivity index (χ0n) is 7.11. The van der Waals surface area contributed by atoms with Gasteiger partial charge in [-0.1, -0.05) is 0 Å². The van der Waals surface area contributed by atoms with Crippen molar-refractivity contribution in [2.75, 3.05) is 6.54 Å². The van der Waals surface area contributed by atoms with Gasteiger partial charge in [0.25, 0.3) is 11.5 Å². The second-order valence-electron chi connectivity index (χ2n) is 2.46. The summed E-state index contributed by atoms with van der Waals surface area (Å²) in [6.07, 6.45) is 0. The molecule has 7 heteroatoms. The maximum absolute atomic E-state index is 11.2. The number of carbonyl (C=O) groups excluding carboxylic acids is 2. The first kappa shape index (κ1) is 9.90. The second-order valence-corrected chi connectivity index (χ2v) is 2.46. The van der Waals surface area contributed by atoms with E-state index in [9.17, 15) is 14.4 Å². The number of aromatic nitrogens is 2. The summed E-state index contributed by atoms with van der Waals surface area (Å²) in [7, 11) is 0. The Morgan fingerprint density at radius 2 is 2.21 bits per heavy atom. The van der Waals surface area contributed by atoms with Crippen LogP contribution in [-0.4, -0.2) is 28.6 Å². The molecule has 0 unspecified atom stereocenters. The zero-order chi connectivity index (χ0) is 10.6. The van der Waals surface area contributed by atoms with E-state index in [1.165, 1.54) is 6.07 Å². The van der Waals surface area contributed by atoms with Gasteiger partial charge in [0.05, 0.1) is 6.54 Å². The number of nitrogens with two attached hydrogens (primary N) is 1. The van der Waals surface area contributed by atoms with E-state index in [-0.39, 0.29) is 12.2 Å². The number of amides is 2. The quantitative estimate of drug-likeness (QED) is 0.517. The normalized spacial score (nSPS) is 9.43. The zero-order valence-corrected chi connectivity index (χ0v) is 7.11. The van der Waals surface area contributed by atoms with Crippen LogP contribution in [0, 0.1) is 0 Å². The van der Waals surface area contributed by atoms with Gasteiger partial charge < -0.3 is 11.1 Å². The molecule has 1 aromatic rings. The Hall–Kier alpha value is -2.18. The van der Waals surface area contributed by atoms with Gasteiger partial charge in [-0.15, -0.1) is 0 Å². The molecule has 0 aromatic carbocycles. The van der Waals surface area contributed by atoms with E-state index in [0.29, 0.717) is 0 Å². The van der Waals surface area contributed by atoms with Crippen LogP contribution in [0.2, 0.25) is 0 Å². The molecule has 0 bridgehead atoms. The van der Waals surface area contributed by atoms with Crippen LogP contribution in [0.5, 0.6) is 0 Å². The first-order valence-corrected chi connectivity index (χ1v) is 3.72. The number of hydrogen-bond donors (Lipinski definition) is 3. The van der Waals surface area contributed by atoms with Crippen LogP contribution in [0.3, 0.4) is 0 Å². The van der Waals surface area contributed by atoms with Crippen molar-refractivity contribution >= 4 is 11.8 Å². The van der Waals surface area contributed by atoms with E-state index in [1.54, 1.807) is 0 Å². The summed E-state index contributed by atoms with van der Waals surface area (Å²) in [4.78, 5) is 32.1. The fraction of sp³-hybridized carbons (Fsp3) is 0.143. The summed E-state index contributed by atoms with van der Waals surface area (Å²) in [5, 5.41) is 7.76. The number of aromatic amines is 1. The highest BCUT2D eigenvalue weighted by Crippen LogP contribution is 1.86. The van der Waals surface area contributed by atoms with Crippen LogP contribution >= 0.6 is 0 Å². The van der Waals surface area contributed by atoms with Gasteiger partial charge in [0.1, 0.15) is 5.69 Å². The van der Waals surface area contributed by atoms with Gasteiger partial charge in [-0.25, -0.2) is 5.10 Å². The van der Waals surface area contributed by atoms with Gasteiger partial charge in [-0.3, -0.25) is 14.4 Å². The van der Waals surface area contributed by atoms with Crippen molar-refractivity contribution < 1.29 is 9.59 Å². The highest BCUT2D eigenvalue weighted by molar-refractivity contribution is 5.94. The molecule has 1 aromatic heterocycles. The third-order valence-corrected chi connectivity index (χ3v) is 1.33. The number of carbonyl (C=O) groups is 2. The smallest absolute Gasteiger partial charge is 0.272 e. The molecule has 0 aliphatic carbocycles. The van der Waals surface area contributed by atoms with E-state index >= 15 is 0 Å². The van der Waals surface area contributed by atoms with Gasteiger partial charge in [0.15, 0.2) is 0 Å². The average molecular weight is 196 g/mol. The first-order valence-electron chi connectivity index (χ1n) is 3.72. The summed E-state index contributed by atoms with van der Waals surface area (Å²) in [5.41, 5.74) is 4.42. The molecule has 4 N–H and O–H groups in total. The third kappa shape index (κ3) is 2.70. The Morgan fingerprint density at radius 3 is 2.71 bits per heavy atom. The minimum absolute atomic E-state index is 0.0193. The molecular formula is C7H8N4O3. The summed E-state index contributed by atoms with van der Waals surface area (Å²) < 4.78 is 0. The monoisotopic (exact) mass is 196 g/mol. The molecule has 0 fully saturated rings. The molecular weight excluding hydrogens is 188 g/mol. The minimum Gasteiger partial charge on any atom is -0.368 e. The Bertz CT molecular complexity index is 391. The van der Waals surface area contributed by atoms with Crippen molar-refractivity contribution in [2.45, 2.75) is 0 Å². The molecule has 14 heavy (non-hydrogen) atoms. The lowest BCUT2D eigenvalue weighted by molar-refractivity contribution is -0.117. The van der Waals surface area contributed by atoms with Crippen molar-refractivity contribution in [1.29, 1.82) is 0 Å². The molecule has 0 atom stereocenters.